The molecule has 0 saturated carbocycles. The molecule has 1 aromatic heterocycles. The summed E-state index contributed by atoms with van der Waals surface area (Å²) in [5, 5.41) is 20.8. The van der Waals surface area contributed by atoms with E-state index in [4.69, 9.17) is 14.2 Å². The molecule has 2 aromatic carbocycles. The third kappa shape index (κ3) is 3.87. The van der Waals surface area contributed by atoms with Gasteiger partial charge in [0.05, 0.1) is 29.3 Å². The van der Waals surface area contributed by atoms with Gasteiger partial charge in [-0.2, -0.15) is 0 Å². The van der Waals surface area contributed by atoms with Gasteiger partial charge in [0, 0.05) is 36.9 Å². The summed E-state index contributed by atoms with van der Waals surface area (Å²) < 4.78 is 16.7. The number of aromatic nitrogens is 1. The number of nitro groups is 1. The fraction of sp³-hybridized carbons (Fsp3) is 0.158. The van der Waals surface area contributed by atoms with Crippen LogP contribution in [0.1, 0.15) is 10.4 Å². The largest absolute Gasteiger partial charge is 0.496 e. The molecular weight excluding hydrogens is 384 g/mol. The molecule has 0 saturated heterocycles. The number of carboxylic acid groups (broad SMARTS) is 1. The van der Waals surface area contributed by atoms with Gasteiger partial charge in [-0.25, -0.2) is 4.79 Å². The monoisotopic (exact) mass is 400 g/mol. The number of non-ortho nitro benzene ring substituents is 1. The number of benzene rings is 2. The Kier molecular flexibility index (Phi) is 5.46. The van der Waals surface area contributed by atoms with E-state index in [0.717, 1.165) is 6.20 Å². The number of carbonyl (C=O) groups is 1. The summed E-state index contributed by atoms with van der Waals surface area (Å²) in [6.07, 6.45) is 1.12. The molecule has 0 aliphatic rings. The molecule has 10 nitrogen and oxygen atoms in total. The Morgan fingerprint density at radius 2 is 1.93 bits per heavy atom. The van der Waals surface area contributed by atoms with Crippen LogP contribution < -0.4 is 14.9 Å². The number of carboxylic acids is 1. The molecule has 29 heavy (non-hydrogen) atoms. The number of pyridine rings is 1. The van der Waals surface area contributed by atoms with E-state index in [1.54, 1.807) is 0 Å². The van der Waals surface area contributed by atoms with E-state index in [-0.39, 0.29) is 29.3 Å². The van der Waals surface area contributed by atoms with Crippen molar-refractivity contribution in [2.24, 2.45) is 0 Å². The summed E-state index contributed by atoms with van der Waals surface area (Å²) in [4.78, 5) is 34.8. The molecule has 10 heteroatoms. The highest BCUT2D eigenvalue weighted by atomic mass is 16.7. The van der Waals surface area contributed by atoms with Gasteiger partial charge in [0.2, 0.25) is 5.43 Å². The first-order valence-corrected chi connectivity index (χ1v) is 8.24. The van der Waals surface area contributed by atoms with Gasteiger partial charge in [-0.3, -0.25) is 14.9 Å². The second-order valence-electron chi connectivity index (χ2n) is 5.92. The summed E-state index contributed by atoms with van der Waals surface area (Å²) in [6, 6.07) is 8.44. The lowest BCUT2D eigenvalue weighted by atomic mass is 10.1. The zero-order chi connectivity index (χ0) is 21.1. The van der Waals surface area contributed by atoms with E-state index in [1.165, 1.54) is 55.2 Å². The highest BCUT2D eigenvalue weighted by Gasteiger charge is 2.18. The molecule has 150 valence electrons. The molecule has 3 rings (SSSR count). The van der Waals surface area contributed by atoms with Crippen LogP contribution in [0.25, 0.3) is 16.6 Å². The van der Waals surface area contributed by atoms with Crippen LogP contribution in [0, 0.1) is 10.1 Å². The Bertz CT molecular complexity index is 1170. The van der Waals surface area contributed by atoms with Crippen molar-refractivity contribution in [3.63, 3.8) is 0 Å². The van der Waals surface area contributed by atoms with Gasteiger partial charge in [0.25, 0.3) is 5.69 Å². The first-order chi connectivity index (χ1) is 13.8. The van der Waals surface area contributed by atoms with Crippen LogP contribution in [0.2, 0.25) is 0 Å². The molecule has 1 N–H and O–H groups in total. The van der Waals surface area contributed by atoms with Gasteiger partial charge in [0.15, 0.2) is 6.79 Å². The standard InChI is InChI=1S/C19H16N2O8/c1-27-10-29-13-3-4-15-17(8-13)20(9-16(18(15)22)19(23)24)11-5-12(21(25)26)7-14(6-11)28-2/h3-9H,10H2,1-2H3,(H,23,24). The Morgan fingerprint density at radius 3 is 2.55 bits per heavy atom. The molecule has 0 atom stereocenters. The molecule has 0 unspecified atom stereocenters. The van der Waals surface area contributed by atoms with E-state index in [1.807, 2.05) is 0 Å². The summed E-state index contributed by atoms with van der Waals surface area (Å²) in [6.45, 7) is -0.0341. The van der Waals surface area contributed by atoms with Crippen molar-refractivity contribution >= 4 is 22.6 Å². The number of hydrogen-bond donors (Lipinski definition) is 1. The minimum atomic E-state index is -1.41. The molecule has 0 spiro atoms. The SMILES string of the molecule is COCOc1ccc2c(=O)c(C(=O)O)cn(-c3cc(OC)cc([N+](=O)[O-])c3)c2c1. The van der Waals surface area contributed by atoms with Gasteiger partial charge in [0.1, 0.15) is 17.1 Å². The van der Waals surface area contributed by atoms with Crippen molar-refractivity contribution in [2.45, 2.75) is 0 Å². The summed E-state index contributed by atoms with van der Waals surface area (Å²) in [5.74, 6) is -0.847. The molecule has 0 aliphatic carbocycles. The maximum Gasteiger partial charge on any atom is 0.341 e. The Morgan fingerprint density at radius 1 is 1.17 bits per heavy atom. The van der Waals surface area contributed by atoms with Crippen molar-refractivity contribution in [1.82, 2.24) is 4.57 Å². The van der Waals surface area contributed by atoms with Crippen LogP contribution in [-0.4, -0.2) is 41.6 Å². The molecule has 0 bridgehead atoms. The number of hydrogen-bond acceptors (Lipinski definition) is 7. The number of fused-ring (bicyclic) bond motifs is 1. The molecule has 0 aliphatic heterocycles. The van der Waals surface area contributed by atoms with Gasteiger partial charge in [-0.1, -0.05) is 0 Å². The number of ether oxygens (including phenoxy) is 3. The van der Waals surface area contributed by atoms with Crippen molar-refractivity contribution in [2.75, 3.05) is 21.0 Å². The first-order valence-electron chi connectivity index (χ1n) is 8.24. The predicted molar refractivity (Wildman–Crippen MR) is 102 cm³/mol. The van der Waals surface area contributed by atoms with Crippen LogP contribution in [-0.2, 0) is 4.74 Å². The molecule has 1 heterocycles. The van der Waals surface area contributed by atoms with Crippen LogP contribution in [0.3, 0.4) is 0 Å². The lowest BCUT2D eigenvalue weighted by Crippen LogP contribution is -2.18. The number of nitro benzene ring substituents is 1. The molecule has 3 aromatic rings. The maximum atomic E-state index is 12.6. The fourth-order valence-corrected chi connectivity index (χ4v) is 2.82. The third-order valence-corrected chi connectivity index (χ3v) is 4.15. The molecular formula is C19H16N2O8. The fourth-order valence-electron chi connectivity index (χ4n) is 2.82. The Hall–Kier alpha value is -3.92. The van der Waals surface area contributed by atoms with E-state index >= 15 is 0 Å². The number of methoxy groups -OCH3 is 2. The van der Waals surface area contributed by atoms with Gasteiger partial charge < -0.3 is 23.9 Å². The summed E-state index contributed by atoms with van der Waals surface area (Å²) in [7, 11) is 2.80. The van der Waals surface area contributed by atoms with Crippen LogP contribution in [0.4, 0.5) is 5.69 Å². The second-order valence-corrected chi connectivity index (χ2v) is 5.92. The van der Waals surface area contributed by atoms with Crippen molar-refractivity contribution < 1.29 is 29.0 Å². The first kappa shape index (κ1) is 19.8. The summed E-state index contributed by atoms with van der Waals surface area (Å²) in [5.41, 5.74) is -0.869. The predicted octanol–water partition coefficient (Wildman–Crippen LogP) is 2.59. The average molecular weight is 400 g/mol. The highest BCUT2D eigenvalue weighted by molar-refractivity contribution is 5.93. The smallest absolute Gasteiger partial charge is 0.341 e. The van der Waals surface area contributed by atoms with E-state index in [0.29, 0.717) is 11.3 Å². The normalized spacial score (nSPS) is 10.7. The Balaban J connectivity index is 2.36. The van der Waals surface area contributed by atoms with Gasteiger partial charge >= 0.3 is 5.97 Å². The number of rotatable bonds is 7. The average Bonchev–Trinajstić information content (AvgIpc) is 2.71. The van der Waals surface area contributed by atoms with Crippen molar-refractivity contribution in [3.8, 4) is 17.2 Å². The van der Waals surface area contributed by atoms with Gasteiger partial charge in [-0.05, 0) is 12.1 Å². The van der Waals surface area contributed by atoms with Crippen LogP contribution >= 0.6 is 0 Å². The van der Waals surface area contributed by atoms with Crippen molar-refractivity contribution in [3.05, 3.63) is 68.5 Å². The Labute approximate surface area is 163 Å². The van der Waals surface area contributed by atoms with E-state index < -0.39 is 21.9 Å². The second kappa shape index (κ2) is 7.98. The van der Waals surface area contributed by atoms with Crippen LogP contribution in [0.5, 0.6) is 11.5 Å². The third-order valence-electron chi connectivity index (χ3n) is 4.15. The zero-order valence-corrected chi connectivity index (χ0v) is 15.4. The lowest BCUT2D eigenvalue weighted by Gasteiger charge is -2.15. The topological polar surface area (TPSA) is 130 Å². The van der Waals surface area contributed by atoms with Crippen LogP contribution in [0.15, 0.2) is 47.4 Å². The molecule has 0 radical (unpaired) electrons. The minimum Gasteiger partial charge on any atom is -0.496 e. The zero-order valence-electron chi connectivity index (χ0n) is 15.4. The lowest BCUT2D eigenvalue weighted by molar-refractivity contribution is -0.384. The van der Waals surface area contributed by atoms with Crippen molar-refractivity contribution in [1.29, 1.82) is 0 Å². The number of aromatic carboxylic acids is 1. The molecule has 0 amide bonds. The van der Waals surface area contributed by atoms with E-state index in [9.17, 15) is 24.8 Å². The highest BCUT2D eigenvalue weighted by Crippen LogP contribution is 2.28. The quantitative estimate of drug-likeness (QED) is 0.364. The minimum absolute atomic E-state index is 0.0341. The van der Waals surface area contributed by atoms with E-state index in [2.05, 4.69) is 0 Å². The maximum absolute atomic E-state index is 12.6. The summed E-state index contributed by atoms with van der Waals surface area (Å²) >= 11 is 0. The molecule has 0 fully saturated rings. The van der Waals surface area contributed by atoms with Gasteiger partial charge in [-0.15, -0.1) is 0 Å². The number of nitrogens with zero attached hydrogens (tertiary/aromatic N) is 2.